The first-order valence-corrected chi connectivity index (χ1v) is 34.0. The maximum absolute atomic E-state index is 13.4. The number of aliphatic hydroxyl groups excluding tert-OH is 11. The van der Waals surface area contributed by atoms with Gasteiger partial charge in [-0.1, -0.05) is 216 Å². The Morgan fingerprint density at radius 2 is 0.770 bits per heavy atom. The van der Waals surface area contributed by atoms with Gasteiger partial charge in [-0.2, -0.15) is 0 Å². The lowest BCUT2D eigenvalue weighted by Gasteiger charge is -2.48. The van der Waals surface area contributed by atoms with Gasteiger partial charge in [-0.15, -0.1) is 0 Å². The van der Waals surface area contributed by atoms with Crippen LogP contribution in [0, 0.1) is 0 Å². The lowest BCUT2D eigenvalue weighted by molar-refractivity contribution is -0.379. The minimum Gasteiger partial charge on any atom is -0.394 e. The second kappa shape index (κ2) is 50.1. The van der Waals surface area contributed by atoms with Gasteiger partial charge >= 0.3 is 0 Å². The summed E-state index contributed by atoms with van der Waals surface area (Å²) >= 11 is 0. The van der Waals surface area contributed by atoms with E-state index in [1.165, 1.54) is 122 Å². The molecular weight excluding hydrogens is 1120 g/mol. The maximum Gasteiger partial charge on any atom is 0.220 e. The molecule has 3 rings (SSSR count). The van der Waals surface area contributed by atoms with Crippen LogP contribution in [0.5, 0.6) is 0 Å². The van der Waals surface area contributed by atoms with Gasteiger partial charge in [-0.05, 0) is 70.6 Å². The van der Waals surface area contributed by atoms with Crippen molar-refractivity contribution in [1.82, 2.24) is 5.32 Å². The number of carbonyl (C=O) groups excluding carboxylic acids is 1. The van der Waals surface area contributed by atoms with Crippen molar-refractivity contribution in [2.45, 2.75) is 336 Å². The van der Waals surface area contributed by atoms with E-state index in [1.54, 1.807) is 6.08 Å². The summed E-state index contributed by atoms with van der Waals surface area (Å²) in [4.78, 5) is 13.4. The van der Waals surface area contributed by atoms with Gasteiger partial charge < -0.3 is 89.9 Å². The number of aliphatic hydroxyl groups is 11. The summed E-state index contributed by atoms with van der Waals surface area (Å²) in [5.74, 6) is -0.299. The molecule has 0 aromatic rings. The zero-order valence-corrected chi connectivity index (χ0v) is 53.2. The summed E-state index contributed by atoms with van der Waals surface area (Å²) in [6.45, 7) is 1.68. The topological polar surface area (TPSA) is 307 Å². The molecule has 0 spiro atoms. The molecule has 0 saturated carbocycles. The fraction of sp³-hybridized carbons (Fsp3) is 0.838. The van der Waals surface area contributed by atoms with Crippen LogP contribution in [0.2, 0.25) is 0 Å². The molecule has 3 aliphatic rings. The largest absolute Gasteiger partial charge is 0.394 e. The molecule has 3 heterocycles. The molecule has 0 bridgehead atoms. The van der Waals surface area contributed by atoms with Crippen LogP contribution < -0.4 is 5.32 Å². The Kier molecular flexibility index (Phi) is 45.3. The SMILES string of the molecule is CCCCC/C=C\C/C=C\C/C=C\CCCCCCCCC(=O)NC(COC1OC(CO)C(OC2OC(CO)C(OC3OC(CO)C(O)C(O)C3O)C(O)C2O)C(O)C1O)C(O)/C=C/CC/C=C/CCCCCCCCCCCCCCCCCCC. The summed E-state index contributed by atoms with van der Waals surface area (Å²) < 4.78 is 34.3. The molecule has 506 valence electrons. The molecule has 3 saturated heterocycles. The molecule has 19 nitrogen and oxygen atoms in total. The second-order valence-corrected chi connectivity index (χ2v) is 24.3. The fourth-order valence-corrected chi connectivity index (χ4v) is 11.2. The van der Waals surface area contributed by atoms with Crippen LogP contribution in [0.3, 0.4) is 0 Å². The minimum atomic E-state index is -1.98. The average molecular weight is 1240 g/mol. The molecule has 12 N–H and O–H groups in total. The van der Waals surface area contributed by atoms with Crippen LogP contribution >= 0.6 is 0 Å². The maximum atomic E-state index is 13.4. The van der Waals surface area contributed by atoms with Crippen molar-refractivity contribution in [1.29, 1.82) is 0 Å². The standard InChI is InChI=1S/C68H121NO18/c1-3-5-7-9-11-13-15-17-19-21-23-24-25-26-28-29-31-33-35-37-39-41-43-45-52(73)51(69-56(74)46-44-42-40-38-36-34-32-30-27-22-20-18-16-14-12-10-8-6-4-2)50-82-66-62(80)59(77)64(54(48-71)84-66)87-68-63(81)60(78)65(55(49-72)85-68)86-67-61(79)58(76)57(75)53(47-70)83-67/h12,14,18,20,27,30,35,37,43,45,51-55,57-68,70-73,75-81H,3-11,13,15-17,19,21-26,28-29,31-34,36,38-42,44,46-50H2,1-2H3,(H,69,74)/b14-12-,20-18-,30-27-,37-35+,45-43+. The number of carbonyl (C=O) groups is 1. The van der Waals surface area contributed by atoms with Crippen molar-refractivity contribution in [3.05, 3.63) is 60.8 Å². The van der Waals surface area contributed by atoms with E-state index in [0.717, 1.165) is 77.0 Å². The predicted molar refractivity (Wildman–Crippen MR) is 337 cm³/mol. The Labute approximate surface area is 522 Å². The molecule has 1 amide bonds. The third-order valence-corrected chi connectivity index (χ3v) is 16.8. The lowest BCUT2D eigenvalue weighted by atomic mass is 9.96. The molecule has 17 atom stereocenters. The van der Waals surface area contributed by atoms with E-state index in [2.05, 4.69) is 67.8 Å². The molecule has 87 heavy (non-hydrogen) atoms. The summed E-state index contributed by atoms with van der Waals surface area (Å²) in [6.07, 6.45) is 33.4. The highest BCUT2D eigenvalue weighted by Gasteiger charge is 2.53. The highest BCUT2D eigenvalue weighted by molar-refractivity contribution is 5.76. The number of hydrogen-bond acceptors (Lipinski definition) is 18. The van der Waals surface area contributed by atoms with Gasteiger partial charge in [0.25, 0.3) is 0 Å². The predicted octanol–water partition coefficient (Wildman–Crippen LogP) is 8.38. The van der Waals surface area contributed by atoms with Crippen molar-refractivity contribution < 1.29 is 89.4 Å². The van der Waals surface area contributed by atoms with Gasteiger partial charge in [0.2, 0.25) is 5.91 Å². The Morgan fingerprint density at radius 3 is 1.25 bits per heavy atom. The van der Waals surface area contributed by atoms with Gasteiger partial charge in [-0.3, -0.25) is 4.79 Å². The van der Waals surface area contributed by atoms with Gasteiger partial charge in [0.05, 0.1) is 38.6 Å². The Bertz CT molecular complexity index is 1820. The smallest absolute Gasteiger partial charge is 0.220 e. The lowest BCUT2D eigenvalue weighted by Crippen LogP contribution is -2.66. The number of allylic oxidation sites excluding steroid dienone is 9. The van der Waals surface area contributed by atoms with Crippen LogP contribution in [0.15, 0.2) is 60.8 Å². The van der Waals surface area contributed by atoms with Crippen LogP contribution in [0.4, 0.5) is 0 Å². The van der Waals surface area contributed by atoms with Crippen LogP contribution in [0.25, 0.3) is 0 Å². The molecule has 3 aliphatic heterocycles. The number of rotatable bonds is 51. The molecular formula is C68H121NO18. The first kappa shape index (κ1) is 78.7. The molecule has 0 radical (unpaired) electrons. The number of ether oxygens (including phenoxy) is 6. The fourth-order valence-electron chi connectivity index (χ4n) is 11.2. The van der Waals surface area contributed by atoms with E-state index >= 15 is 0 Å². The van der Waals surface area contributed by atoms with E-state index in [9.17, 15) is 61.0 Å². The molecule has 19 heteroatoms. The normalized spacial score (nSPS) is 29.0. The summed E-state index contributed by atoms with van der Waals surface area (Å²) in [7, 11) is 0. The second-order valence-electron chi connectivity index (χ2n) is 24.3. The van der Waals surface area contributed by atoms with Crippen molar-refractivity contribution in [3.63, 3.8) is 0 Å². The van der Waals surface area contributed by atoms with Gasteiger partial charge in [0.1, 0.15) is 73.2 Å². The van der Waals surface area contributed by atoms with Crippen molar-refractivity contribution >= 4 is 5.91 Å². The van der Waals surface area contributed by atoms with Crippen molar-refractivity contribution in [2.24, 2.45) is 0 Å². The first-order valence-electron chi connectivity index (χ1n) is 34.0. The quantitative estimate of drug-likeness (QED) is 0.0201. The molecule has 17 unspecified atom stereocenters. The highest BCUT2D eigenvalue weighted by Crippen LogP contribution is 2.33. The zero-order chi connectivity index (χ0) is 63.3. The molecule has 0 aromatic heterocycles. The van der Waals surface area contributed by atoms with Gasteiger partial charge in [-0.25, -0.2) is 0 Å². The van der Waals surface area contributed by atoms with E-state index in [1.807, 2.05) is 6.08 Å². The van der Waals surface area contributed by atoms with Gasteiger partial charge in [0, 0.05) is 6.42 Å². The molecule has 0 aromatic carbocycles. The highest BCUT2D eigenvalue weighted by atomic mass is 16.8. The van der Waals surface area contributed by atoms with E-state index in [-0.39, 0.29) is 18.9 Å². The zero-order valence-electron chi connectivity index (χ0n) is 53.2. The van der Waals surface area contributed by atoms with E-state index < -0.39 is 124 Å². The summed E-state index contributed by atoms with van der Waals surface area (Å²) in [5.41, 5.74) is 0. The Balaban J connectivity index is 1.47. The summed E-state index contributed by atoms with van der Waals surface area (Å²) in [6, 6.07) is -1.000. The van der Waals surface area contributed by atoms with Crippen LogP contribution in [-0.2, 0) is 33.2 Å². The van der Waals surface area contributed by atoms with Crippen LogP contribution in [-0.4, -0.2) is 193 Å². The third-order valence-electron chi connectivity index (χ3n) is 16.8. The number of nitrogens with one attached hydrogen (secondary N) is 1. The monoisotopic (exact) mass is 1240 g/mol. The van der Waals surface area contributed by atoms with Crippen molar-refractivity contribution in [2.75, 3.05) is 26.4 Å². The molecule has 0 aliphatic carbocycles. The number of amides is 1. The van der Waals surface area contributed by atoms with E-state index in [0.29, 0.717) is 12.8 Å². The van der Waals surface area contributed by atoms with Crippen molar-refractivity contribution in [3.8, 4) is 0 Å². The number of unbranched alkanes of at least 4 members (excludes halogenated alkanes) is 27. The van der Waals surface area contributed by atoms with Gasteiger partial charge in [0.15, 0.2) is 18.9 Å². The first-order chi connectivity index (χ1) is 42.3. The van der Waals surface area contributed by atoms with E-state index in [4.69, 9.17) is 28.4 Å². The minimum absolute atomic E-state index is 0.219. The average Bonchev–Trinajstić information content (AvgIpc) is 2.87. The number of hydrogen-bond donors (Lipinski definition) is 12. The Hall–Kier alpha value is -2.51. The summed E-state index contributed by atoms with van der Waals surface area (Å²) in [5, 5.41) is 120. The Morgan fingerprint density at radius 1 is 0.414 bits per heavy atom. The molecule has 3 fully saturated rings. The third kappa shape index (κ3) is 32.6. The van der Waals surface area contributed by atoms with Crippen LogP contribution in [0.1, 0.15) is 232 Å².